The quantitative estimate of drug-likeness (QED) is 0.0269. The fourth-order valence-electron chi connectivity index (χ4n) is 7.59. The van der Waals surface area contributed by atoms with Crippen LogP contribution in [0.25, 0.3) is 24.3 Å². The number of nitriles is 4. The number of anilines is 1. The van der Waals surface area contributed by atoms with Gasteiger partial charge < -0.3 is 61.2 Å². The highest BCUT2D eigenvalue weighted by Crippen LogP contribution is 2.38. The highest BCUT2D eigenvalue weighted by atomic mass is 79.9. The van der Waals surface area contributed by atoms with Gasteiger partial charge in [0.25, 0.3) is 0 Å². The van der Waals surface area contributed by atoms with Crippen molar-refractivity contribution in [3.8, 4) is 87.5 Å². The second-order valence-corrected chi connectivity index (χ2v) is 20.1. The number of phenols is 1. The van der Waals surface area contributed by atoms with E-state index < -0.39 is 0 Å². The van der Waals surface area contributed by atoms with Crippen molar-refractivity contribution in [2.75, 3.05) is 25.5 Å². The summed E-state index contributed by atoms with van der Waals surface area (Å²) in [5.74, 6) is 5.37. The van der Waals surface area contributed by atoms with Crippen LogP contribution in [0.1, 0.15) is 44.5 Å². The molecule has 0 heterocycles. The van der Waals surface area contributed by atoms with Crippen molar-refractivity contribution in [1.82, 2.24) is 0 Å². The van der Waals surface area contributed by atoms with Gasteiger partial charge in [-0.25, -0.2) is 0 Å². The largest absolute Gasteiger partial charge is 0.504 e. The van der Waals surface area contributed by atoms with Crippen molar-refractivity contribution in [1.29, 1.82) is 21.0 Å². The molecule has 0 aliphatic carbocycles. The number of rotatable bonds is 20. The second-order valence-electron chi connectivity index (χ2n) is 17.8. The third kappa shape index (κ3) is 23.4. The smallest absolute Gasteiger partial charge is 0.169 e. The molecule has 8 aromatic rings. The van der Waals surface area contributed by atoms with Crippen molar-refractivity contribution >= 4 is 92.3 Å². The van der Waals surface area contributed by atoms with Gasteiger partial charge in [0.15, 0.2) is 34.5 Å². The number of alkyl halides is 1. The number of aromatic hydroxyl groups is 1. The van der Waals surface area contributed by atoms with E-state index in [0.717, 1.165) is 44.5 Å². The molecule has 0 amide bonds. The van der Waals surface area contributed by atoms with Crippen LogP contribution < -0.4 is 51.4 Å². The molecule has 0 saturated carbocycles. The second kappa shape index (κ2) is 37.2. The molecule has 0 radical (unpaired) electrons. The first kappa shape index (κ1) is 69.3. The zero-order valence-corrected chi connectivity index (χ0v) is 51.9. The number of nitrogen functional groups attached to an aromatic ring is 1. The Hall–Kier alpha value is -9.44. The maximum Gasteiger partial charge on any atom is 0.169 e. The van der Waals surface area contributed by atoms with Crippen LogP contribution in [0.2, 0.25) is 20.1 Å². The number of methoxy groups -OCH3 is 2. The summed E-state index contributed by atoms with van der Waals surface area (Å²) in [7, 11) is 3.11. The van der Waals surface area contributed by atoms with Gasteiger partial charge in [-0.15, -0.1) is 0 Å². The minimum Gasteiger partial charge on any atom is -0.504 e. The molecule has 8 rings (SSSR count). The summed E-state index contributed by atoms with van der Waals surface area (Å²) in [4.78, 5) is 0. The van der Waals surface area contributed by atoms with Crippen LogP contribution in [0, 0.1) is 45.3 Å². The summed E-state index contributed by atoms with van der Waals surface area (Å²) < 4.78 is 39.2. The molecule has 88 heavy (non-hydrogen) atoms. The average molecular weight is 1320 g/mol. The van der Waals surface area contributed by atoms with Crippen molar-refractivity contribution < 1.29 is 38.3 Å². The minimum atomic E-state index is 0.00652. The van der Waals surface area contributed by atoms with Gasteiger partial charge in [-0.1, -0.05) is 80.5 Å². The molecule has 0 unspecified atom stereocenters. The molecule has 0 saturated heterocycles. The van der Waals surface area contributed by atoms with Crippen LogP contribution in [0.15, 0.2) is 170 Å². The van der Waals surface area contributed by atoms with E-state index in [0.29, 0.717) is 115 Å². The molecule has 21 heteroatoms. The van der Waals surface area contributed by atoms with Gasteiger partial charge in [-0.3, -0.25) is 0 Å². The number of allylic oxidation sites excluding steroid dienone is 4. The van der Waals surface area contributed by atoms with Gasteiger partial charge in [-0.2, -0.15) is 21.0 Å². The topological polar surface area (TPSA) is 284 Å². The first-order valence-electron chi connectivity index (χ1n) is 26.0. The number of ether oxygens (including phenoxy) is 7. The number of halogens is 5. The predicted molar refractivity (Wildman–Crippen MR) is 352 cm³/mol. The lowest BCUT2D eigenvalue weighted by atomic mass is 10.1. The number of phenolic OH excluding ortho intramolecular Hbond substituents is 1. The Bertz CT molecular complexity index is 3970. The monoisotopic (exact) mass is 1320 g/mol. The van der Waals surface area contributed by atoms with Crippen LogP contribution in [0.4, 0.5) is 5.69 Å². The van der Waals surface area contributed by atoms with Crippen molar-refractivity contribution in [2.24, 2.45) is 17.2 Å². The highest BCUT2D eigenvalue weighted by molar-refractivity contribution is 9.09. The van der Waals surface area contributed by atoms with E-state index in [9.17, 15) is 5.11 Å². The fourth-order valence-corrected chi connectivity index (χ4v) is 8.68. The Balaban J connectivity index is 0.000000214. The van der Waals surface area contributed by atoms with Gasteiger partial charge in [0.05, 0.1) is 45.1 Å². The van der Waals surface area contributed by atoms with Gasteiger partial charge in [0, 0.05) is 81.3 Å². The summed E-state index contributed by atoms with van der Waals surface area (Å²) in [6.07, 6.45) is 12.1. The molecule has 0 aromatic heterocycles. The van der Waals surface area contributed by atoms with Crippen molar-refractivity contribution in [2.45, 2.75) is 26.2 Å². The molecule has 0 aliphatic heterocycles. The maximum absolute atomic E-state index is 9.89. The summed E-state index contributed by atoms with van der Waals surface area (Å²) >= 11 is 27.5. The predicted octanol–water partition coefficient (Wildman–Crippen LogP) is 17.2. The Kier molecular flexibility index (Phi) is 29.3. The summed E-state index contributed by atoms with van der Waals surface area (Å²) in [6.45, 7) is 1.61. The van der Waals surface area contributed by atoms with Gasteiger partial charge >= 0.3 is 0 Å². The molecule has 9 N–H and O–H groups in total. The Morgan fingerprint density at radius 3 is 1.15 bits per heavy atom. The molecule has 0 spiro atoms. The lowest BCUT2D eigenvalue weighted by Gasteiger charge is -2.13. The van der Waals surface area contributed by atoms with Crippen LogP contribution in [0.3, 0.4) is 0 Å². The number of nitrogens with zero attached hydrogens (tertiary/aromatic N) is 4. The summed E-state index contributed by atoms with van der Waals surface area (Å²) in [6, 6.07) is 49.8. The minimum absolute atomic E-state index is 0.00652. The number of hydrogen-bond donors (Lipinski definition) is 5. The van der Waals surface area contributed by atoms with E-state index in [1.165, 1.54) is 24.3 Å². The van der Waals surface area contributed by atoms with Crippen LogP contribution in [-0.2, 0) is 31.0 Å². The zero-order valence-electron chi connectivity index (χ0n) is 47.3. The van der Waals surface area contributed by atoms with E-state index in [-0.39, 0.29) is 5.75 Å². The van der Waals surface area contributed by atoms with E-state index in [2.05, 4.69) is 15.9 Å². The van der Waals surface area contributed by atoms with Crippen molar-refractivity contribution in [3.05, 3.63) is 234 Å². The molecule has 8 aromatic carbocycles. The van der Waals surface area contributed by atoms with Crippen LogP contribution in [0.5, 0.6) is 63.2 Å². The molecular weight excluding hydrogens is 1270 g/mol. The van der Waals surface area contributed by atoms with Crippen LogP contribution in [-0.4, -0.2) is 24.8 Å². The Labute approximate surface area is 539 Å². The Morgan fingerprint density at radius 1 is 0.432 bits per heavy atom. The lowest BCUT2D eigenvalue weighted by Crippen LogP contribution is -2.00. The molecule has 0 aliphatic rings. The molecule has 0 atom stereocenters. The number of hydrogen-bond acceptors (Lipinski definition) is 16. The highest BCUT2D eigenvalue weighted by Gasteiger charge is 2.12. The summed E-state index contributed by atoms with van der Waals surface area (Å²) in [5.41, 5.74) is 30.3. The third-order valence-electron chi connectivity index (χ3n) is 11.5. The average Bonchev–Trinajstić information content (AvgIpc) is 3.72. The molecule has 0 fully saturated rings. The van der Waals surface area contributed by atoms with E-state index >= 15 is 0 Å². The summed E-state index contributed by atoms with van der Waals surface area (Å²) in [5, 5.41) is 46.3. The molecular formula is C67H57BrCl4N8O8. The number of benzene rings is 8. The van der Waals surface area contributed by atoms with E-state index in [1.54, 1.807) is 148 Å². The van der Waals surface area contributed by atoms with Gasteiger partial charge in [-0.05, 0) is 185 Å². The Morgan fingerprint density at radius 2 is 0.773 bits per heavy atom. The lowest BCUT2D eigenvalue weighted by molar-refractivity contribution is 0.170. The first-order valence-corrected chi connectivity index (χ1v) is 28.7. The third-order valence-corrected chi connectivity index (χ3v) is 12.7. The van der Waals surface area contributed by atoms with Crippen molar-refractivity contribution in [3.63, 3.8) is 0 Å². The zero-order chi connectivity index (χ0) is 63.8. The molecule has 448 valence electrons. The SMILES string of the molecule is COc1cc(CN)ccc1Oc1cc(Cl)cc(/C=C/C#N)c1.COc1cc(N)ccc1Oc1cc(Cl)cc(/C=C/C#N)c1.N#C/C=C/c1cc(Cl)cc(Oc2ccc(CN)cc2COCBr)c1.N#C/C=C/c1cc(Cl)cc(Oc2ccc(CN)cc2O)c1. The molecule has 16 nitrogen and oxygen atoms in total. The van der Waals surface area contributed by atoms with E-state index in [4.69, 9.17) is 124 Å². The number of nitrogens with two attached hydrogens (primary N) is 4. The van der Waals surface area contributed by atoms with E-state index in [1.807, 2.05) is 60.7 Å². The standard InChI is InChI=1S/C18H16BrClN2O2.C17H15ClN2O2.2C16H13ClN2O2/c19-12-23-11-15-6-14(10-22)3-4-18(15)24-17-8-13(2-1-5-21)7-16(20)9-17;1-21-17-9-13(11-20)4-5-16(17)22-15-8-12(3-2-6-19)7-14(18)10-15;1-20-16-10-13(19)4-5-15(16)21-14-8-11(3-2-6-18)7-12(17)9-14;17-13-6-11(2-1-5-18)7-14(9-13)21-16-4-3-12(10-19)8-15(16)20/h1-4,6-9H,10-12,22H2;2-5,7-10H,11,20H2,1H3;2-5,7-10H,19H2,1H3;1-4,6-9,20H,10,19H2/b2-1+;2*3-2+;2-1+. The van der Waals surface area contributed by atoms with Gasteiger partial charge in [0.1, 0.15) is 34.3 Å². The first-order chi connectivity index (χ1) is 42.5. The molecule has 0 bridgehead atoms. The normalized spacial score (nSPS) is 10.5. The van der Waals surface area contributed by atoms with Gasteiger partial charge in [0.2, 0.25) is 0 Å². The fraction of sp³-hybridized carbons (Fsp3) is 0.104. The maximum atomic E-state index is 9.89. The van der Waals surface area contributed by atoms with Crippen LogP contribution >= 0.6 is 62.3 Å².